The van der Waals surface area contributed by atoms with Crippen LogP contribution in [-0.2, 0) is 4.79 Å². The Morgan fingerprint density at radius 2 is 1.89 bits per heavy atom. The number of hydrogen-bond acceptors (Lipinski definition) is 4. The molecule has 2 aliphatic carbocycles. The summed E-state index contributed by atoms with van der Waals surface area (Å²) in [6.45, 7) is 0. The molecule has 1 heterocycles. The fourth-order valence-corrected chi connectivity index (χ4v) is 6.49. The van der Waals surface area contributed by atoms with Crippen LogP contribution in [0, 0.1) is 11.8 Å². The first-order valence-corrected chi connectivity index (χ1v) is 9.69. The summed E-state index contributed by atoms with van der Waals surface area (Å²) < 4.78 is 0. The summed E-state index contributed by atoms with van der Waals surface area (Å²) in [6.07, 6.45) is 6.04. The van der Waals surface area contributed by atoms with Crippen molar-refractivity contribution in [3.63, 3.8) is 0 Å². The van der Waals surface area contributed by atoms with Crippen LogP contribution in [0.5, 0.6) is 0 Å². The van der Waals surface area contributed by atoms with Gasteiger partial charge in [-0.1, -0.05) is 6.42 Å². The van der Waals surface area contributed by atoms with Crippen molar-refractivity contribution >= 4 is 29.4 Å². The fraction of sp³-hybridized carbons (Fsp3) is 0.929. The zero-order valence-electron chi connectivity index (χ0n) is 11.3. The van der Waals surface area contributed by atoms with Gasteiger partial charge >= 0.3 is 0 Å². The zero-order valence-corrected chi connectivity index (χ0v) is 13.0. The Kier molecular flexibility index (Phi) is 4.65. The van der Waals surface area contributed by atoms with Crippen molar-refractivity contribution in [2.24, 2.45) is 17.6 Å². The topological polar surface area (TPSA) is 55.1 Å². The molecule has 3 N–H and O–H groups in total. The molecule has 3 unspecified atom stereocenters. The van der Waals surface area contributed by atoms with Crippen molar-refractivity contribution in [2.45, 2.75) is 49.4 Å². The molecule has 3 rings (SSSR count). The lowest BCUT2D eigenvalue weighted by Crippen LogP contribution is -2.55. The van der Waals surface area contributed by atoms with Gasteiger partial charge in [-0.15, -0.1) is 11.8 Å². The van der Waals surface area contributed by atoms with Gasteiger partial charge in [0.15, 0.2) is 0 Å². The molecule has 0 aromatic heterocycles. The van der Waals surface area contributed by atoms with Crippen LogP contribution in [0.25, 0.3) is 0 Å². The highest BCUT2D eigenvalue weighted by Crippen LogP contribution is 2.40. The quantitative estimate of drug-likeness (QED) is 0.817. The Morgan fingerprint density at radius 1 is 1.16 bits per heavy atom. The summed E-state index contributed by atoms with van der Waals surface area (Å²) in [5.74, 6) is 4.84. The number of fused-ring (bicyclic) bond motifs is 2. The average Bonchev–Trinajstić information content (AvgIpc) is 2.41. The Hall–Kier alpha value is 0.130. The molecule has 0 aromatic rings. The second-order valence-electron chi connectivity index (χ2n) is 6.15. The molecule has 3 aliphatic rings. The van der Waals surface area contributed by atoms with Gasteiger partial charge in [-0.05, 0) is 37.5 Å². The summed E-state index contributed by atoms with van der Waals surface area (Å²) in [5, 5.41) is 3.56. The molecule has 0 radical (unpaired) electrons. The van der Waals surface area contributed by atoms with Crippen LogP contribution in [0.4, 0.5) is 0 Å². The van der Waals surface area contributed by atoms with Crippen LogP contribution < -0.4 is 11.1 Å². The summed E-state index contributed by atoms with van der Waals surface area (Å²) in [7, 11) is 0. The summed E-state index contributed by atoms with van der Waals surface area (Å²) >= 11 is 3.74. The molecule has 1 amide bonds. The smallest absolute Gasteiger partial charge is 0.234 e. The van der Waals surface area contributed by atoms with E-state index in [1.165, 1.54) is 25.0 Å². The molecule has 3 atom stereocenters. The van der Waals surface area contributed by atoms with Crippen LogP contribution in [0.2, 0.25) is 0 Å². The van der Waals surface area contributed by atoms with Crippen molar-refractivity contribution in [3.8, 4) is 0 Å². The van der Waals surface area contributed by atoms with E-state index in [1.54, 1.807) is 0 Å². The first-order valence-electron chi connectivity index (χ1n) is 7.49. The molecule has 108 valence electrons. The Balaban J connectivity index is 1.60. The molecule has 2 saturated carbocycles. The van der Waals surface area contributed by atoms with Crippen molar-refractivity contribution < 1.29 is 4.79 Å². The SMILES string of the molecule is NC1CC2CCCC(C1)C2NC(=O)C1CSCCS1. The predicted octanol–water partition coefficient (Wildman–Crippen LogP) is 1.86. The number of carbonyl (C=O) groups excluding carboxylic acids is 1. The van der Waals surface area contributed by atoms with Gasteiger partial charge in [0.1, 0.15) is 0 Å². The number of amides is 1. The van der Waals surface area contributed by atoms with E-state index < -0.39 is 0 Å². The second kappa shape index (κ2) is 6.27. The van der Waals surface area contributed by atoms with Crippen LogP contribution in [0.1, 0.15) is 32.1 Å². The van der Waals surface area contributed by atoms with E-state index in [0.717, 1.165) is 24.3 Å². The summed E-state index contributed by atoms with van der Waals surface area (Å²) in [6, 6.07) is 0.775. The fourth-order valence-electron chi connectivity index (χ4n) is 3.92. The molecule has 1 saturated heterocycles. The van der Waals surface area contributed by atoms with E-state index >= 15 is 0 Å². The van der Waals surface area contributed by atoms with Crippen LogP contribution in [-0.4, -0.2) is 40.5 Å². The lowest BCUT2D eigenvalue weighted by molar-refractivity contribution is -0.122. The third-order valence-corrected chi connectivity index (χ3v) is 7.55. The van der Waals surface area contributed by atoms with E-state index in [-0.39, 0.29) is 11.2 Å². The monoisotopic (exact) mass is 300 g/mol. The molecule has 0 aromatic carbocycles. The first kappa shape index (κ1) is 14.1. The van der Waals surface area contributed by atoms with E-state index in [9.17, 15) is 4.79 Å². The number of nitrogens with one attached hydrogen (secondary N) is 1. The minimum absolute atomic E-state index is 0.176. The Labute approximate surface area is 124 Å². The molecule has 3 nitrogen and oxygen atoms in total. The van der Waals surface area contributed by atoms with Crippen molar-refractivity contribution in [2.75, 3.05) is 17.3 Å². The van der Waals surface area contributed by atoms with Gasteiger partial charge in [-0.3, -0.25) is 4.79 Å². The normalized spacial score (nSPS) is 42.7. The zero-order chi connectivity index (χ0) is 13.2. The Morgan fingerprint density at radius 3 is 2.53 bits per heavy atom. The van der Waals surface area contributed by atoms with Gasteiger partial charge in [0.05, 0.1) is 5.25 Å². The highest BCUT2D eigenvalue weighted by Gasteiger charge is 2.40. The number of carbonyl (C=O) groups is 1. The lowest BCUT2D eigenvalue weighted by atomic mass is 9.67. The van der Waals surface area contributed by atoms with Gasteiger partial charge in [0.2, 0.25) is 5.91 Å². The van der Waals surface area contributed by atoms with E-state index in [0.29, 0.717) is 23.9 Å². The van der Waals surface area contributed by atoms with E-state index in [2.05, 4.69) is 5.32 Å². The highest BCUT2D eigenvalue weighted by molar-refractivity contribution is 8.07. The molecule has 1 aliphatic heterocycles. The van der Waals surface area contributed by atoms with Crippen LogP contribution in [0.15, 0.2) is 0 Å². The van der Waals surface area contributed by atoms with Crippen molar-refractivity contribution in [1.82, 2.24) is 5.32 Å². The number of rotatable bonds is 2. The average molecular weight is 300 g/mol. The molecular weight excluding hydrogens is 276 g/mol. The standard InChI is InChI=1S/C14H24N2OS2/c15-11-6-9-2-1-3-10(7-11)13(9)16-14(17)12-8-18-4-5-19-12/h9-13H,1-8,15H2,(H,16,17). The molecule has 5 heteroatoms. The van der Waals surface area contributed by atoms with Crippen LogP contribution in [0.3, 0.4) is 0 Å². The maximum atomic E-state index is 12.4. The second-order valence-corrected chi connectivity index (χ2v) is 8.61. The number of thioether (sulfide) groups is 2. The molecule has 19 heavy (non-hydrogen) atoms. The van der Waals surface area contributed by atoms with Crippen molar-refractivity contribution in [3.05, 3.63) is 0 Å². The third-order valence-electron chi connectivity index (χ3n) is 4.79. The maximum absolute atomic E-state index is 12.4. The molecular formula is C14H24N2OS2. The summed E-state index contributed by atoms with van der Waals surface area (Å²) in [5.41, 5.74) is 6.14. The summed E-state index contributed by atoms with van der Waals surface area (Å²) in [4.78, 5) is 12.4. The molecule has 0 spiro atoms. The van der Waals surface area contributed by atoms with Gasteiger partial charge in [-0.2, -0.15) is 11.8 Å². The van der Waals surface area contributed by atoms with Crippen molar-refractivity contribution in [1.29, 1.82) is 0 Å². The van der Waals surface area contributed by atoms with E-state index in [1.807, 2.05) is 23.5 Å². The molecule has 3 fully saturated rings. The molecule has 2 bridgehead atoms. The van der Waals surface area contributed by atoms with Gasteiger partial charge in [-0.25, -0.2) is 0 Å². The van der Waals surface area contributed by atoms with E-state index in [4.69, 9.17) is 5.73 Å². The number of nitrogens with two attached hydrogens (primary N) is 1. The Bertz CT molecular complexity index is 319. The van der Waals surface area contributed by atoms with Gasteiger partial charge < -0.3 is 11.1 Å². The minimum atomic E-state index is 0.176. The first-order chi connectivity index (χ1) is 9.24. The number of hydrogen-bond donors (Lipinski definition) is 2. The highest BCUT2D eigenvalue weighted by atomic mass is 32.2. The lowest BCUT2D eigenvalue weighted by Gasteiger charge is -2.45. The minimum Gasteiger partial charge on any atom is -0.352 e. The van der Waals surface area contributed by atoms with Gasteiger partial charge in [0.25, 0.3) is 0 Å². The predicted molar refractivity (Wildman–Crippen MR) is 83.5 cm³/mol. The van der Waals surface area contributed by atoms with Crippen LogP contribution >= 0.6 is 23.5 Å². The largest absolute Gasteiger partial charge is 0.352 e. The third kappa shape index (κ3) is 3.24. The maximum Gasteiger partial charge on any atom is 0.234 e. The van der Waals surface area contributed by atoms with Gasteiger partial charge in [0, 0.05) is 29.3 Å².